The van der Waals surface area contributed by atoms with E-state index in [-0.39, 0.29) is 0 Å². The number of aryl methyl sites for hydroxylation is 4. The van der Waals surface area contributed by atoms with Gasteiger partial charge in [-0.1, -0.05) is 26.0 Å². The Morgan fingerprint density at radius 3 is 2.53 bits per heavy atom. The van der Waals surface area contributed by atoms with Crippen molar-refractivity contribution >= 4 is 17.1 Å². The fourth-order valence-electron chi connectivity index (χ4n) is 6.42. The molecule has 1 aromatic heterocycles. The maximum Gasteiger partial charge on any atom is 0.173 e. The molecule has 2 heterocycles. The molecule has 2 fully saturated rings. The van der Waals surface area contributed by atoms with Crippen LogP contribution in [0.3, 0.4) is 0 Å². The van der Waals surface area contributed by atoms with Gasteiger partial charge in [0.1, 0.15) is 12.4 Å². The summed E-state index contributed by atoms with van der Waals surface area (Å²) >= 11 is 1.75. The van der Waals surface area contributed by atoms with Crippen LogP contribution in [0.4, 0.5) is 0 Å². The molecular weight excluding hydrogens is 414 g/mol. The number of carbonyl (C=O) groups is 1. The van der Waals surface area contributed by atoms with Crippen LogP contribution in [-0.4, -0.2) is 36.9 Å². The highest BCUT2D eigenvalue weighted by atomic mass is 32.1. The summed E-state index contributed by atoms with van der Waals surface area (Å²) in [5, 5.41) is 0. The SMILES string of the molecule is Cc1cc(CCC(=O)c2sc(C)c3c2C[C@@H]2[C@H]3C2(C)C)cc(C)c1OCCN1CCCC1. The monoisotopic (exact) mass is 451 g/mol. The van der Waals surface area contributed by atoms with Gasteiger partial charge in [-0.25, -0.2) is 0 Å². The number of rotatable bonds is 8. The maximum absolute atomic E-state index is 13.2. The summed E-state index contributed by atoms with van der Waals surface area (Å²) < 4.78 is 6.16. The fraction of sp³-hybridized carbons (Fsp3) is 0.607. The molecule has 1 saturated carbocycles. The molecule has 0 N–H and O–H groups in total. The fourth-order valence-corrected chi connectivity index (χ4v) is 7.62. The van der Waals surface area contributed by atoms with Gasteiger partial charge in [0.25, 0.3) is 0 Å². The first-order valence-corrected chi connectivity index (χ1v) is 13.2. The zero-order valence-corrected chi connectivity index (χ0v) is 21.2. The third kappa shape index (κ3) is 3.84. The first-order chi connectivity index (χ1) is 15.3. The average Bonchev–Trinajstić information content (AvgIpc) is 3.26. The lowest BCUT2D eigenvalue weighted by Gasteiger charge is -2.18. The molecule has 0 spiro atoms. The van der Waals surface area contributed by atoms with Gasteiger partial charge < -0.3 is 4.74 Å². The number of hydrogen-bond donors (Lipinski definition) is 0. The highest BCUT2D eigenvalue weighted by molar-refractivity contribution is 7.14. The minimum absolute atomic E-state index is 0.333. The number of Topliss-reactive ketones (excluding diaryl/α,β-unsaturated/α-hetero) is 1. The van der Waals surface area contributed by atoms with E-state index in [1.54, 1.807) is 11.3 Å². The second-order valence-electron chi connectivity index (χ2n) is 10.9. The van der Waals surface area contributed by atoms with Crippen molar-refractivity contribution < 1.29 is 9.53 Å². The first-order valence-electron chi connectivity index (χ1n) is 12.4. The van der Waals surface area contributed by atoms with Crippen LogP contribution in [0.1, 0.15) is 81.4 Å². The smallest absolute Gasteiger partial charge is 0.173 e. The molecule has 32 heavy (non-hydrogen) atoms. The quantitative estimate of drug-likeness (QED) is 0.444. The lowest BCUT2D eigenvalue weighted by atomic mass is 9.93. The third-order valence-electron chi connectivity index (χ3n) is 8.29. The van der Waals surface area contributed by atoms with Crippen LogP contribution in [0.2, 0.25) is 0 Å². The molecule has 1 aromatic carbocycles. The van der Waals surface area contributed by atoms with Crippen LogP contribution in [0.5, 0.6) is 5.75 Å². The van der Waals surface area contributed by atoms with Crippen LogP contribution in [-0.2, 0) is 12.8 Å². The largest absolute Gasteiger partial charge is 0.492 e. The topological polar surface area (TPSA) is 29.5 Å². The zero-order valence-electron chi connectivity index (χ0n) is 20.3. The number of benzene rings is 1. The van der Waals surface area contributed by atoms with Crippen molar-refractivity contribution in [2.24, 2.45) is 11.3 Å². The predicted molar refractivity (Wildman–Crippen MR) is 133 cm³/mol. The highest BCUT2D eigenvalue weighted by Crippen LogP contribution is 2.71. The summed E-state index contributed by atoms with van der Waals surface area (Å²) in [6.45, 7) is 15.4. The van der Waals surface area contributed by atoms with Crippen LogP contribution in [0.15, 0.2) is 12.1 Å². The number of likely N-dealkylation sites (tertiary alicyclic amines) is 1. The van der Waals surface area contributed by atoms with Crippen molar-refractivity contribution in [1.29, 1.82) is 0 Å². The van der Waals surface area contributed by atoms with Crippen LogP contribution >= 0.6 is 11.3 Å². The molecule has 2 aliphatic carbocycles. The average molecular weight is 452 g/mol. The summed E-state index contributed by atoms with van der Waals surface area (Å²) in [4.78, 5) is 18.1. The van der Waals surface area contributed by atoms with Gasteiger partial charge in [-0.05, 0) is 105 Å². The van der Waals surface area contributed by atoms with Crippen LogP contribution < -0.4 is 4.74 Å². The van der Waals surface area contributed by atoms with E-state index in [0.29, 0.717) is 23.5 Å². The Labute approximate surface area is 197 Å². The van der Waals surface area contributed by atoms with Crippen molar-refractivity contribution in [3.05, 3.63) is 49.7 Å². The summed E-state index contributed by atoms with van der Waals surface area (Å²) in [5.74, 6) is 2.81. The van der Waals surface area contributed by atoms with E-state index in [0.717, 1.165) is 42.5 Å². The van der Waals surface area contributed by atoms with Gasteiger partial charge in [-0.15, -0.1) is 11.3 Å². The lowest BCUT2D eigenvalue weighted by molar-refractivity contribution is 0.0985. The van der Waals surface area contributed by atoms with E-state index in [9.17, 15) is 4.79 Å². The Morgan fingerprint density at radius 2 is 1.84 bits per heavy atom. The van der Waals surface area contributed by atoms with E-state index < -0.39 is 0 Å². The minimum Gasteiger partial charge on any atom is -0.492 e. The number of thiophene rings is 1. The van der Waals surface area contributed by atoms with Gasteiger partial charge >= 0.3 is 0 Å². The summed E-state index contributed by atoms with van der Waals surface area (Å²) in [6, 6.07) is 4.43. The molecule has 172 valence electrons. The van der Waals surface area contributed by atoms with E-state index in [1.807, 2.05) is 0 Å². The molecule has 0 bridgehead atoms. The molecule has 5 rings (SSSR count). The predicted octanol–water partition coefficient (Wildman–Crippen LogP) is 6.26. The van der Waals surface area contributed by atoms with Gasteiger partial charge in [-0.3, -0.25) is 9.69 Å². The Bertz CT molecular complexity index is 1020. The van der Waals surface area contributed by atoms with Gasteiger partial charge in [0, 0.05) is 17.8 Å². The Kier molecular flexibility index (Phi) is 5.74. The summed E-state index contributed by atoms with van der Waals surface area (Å²) in [7, 11) is 0. The summed E-state index contributed by atoms with van der Waals surface area (Å²) in [5.41, 5.74) is 6.96. The van der Waals surface area contributed by atoms with Gasteiger partial charge in [0.05, 0.1) is 4.88 Å². The molecule has 3 nitrogen and oxygen atoms in total. The zero-order chi connectivity index (χ0) is 22.6. The molecule has 0 radical (unpaired) electrons. The number of ketones is 1. The molecule has 2 aromatic rings. The van der Waals surface area contributed by atoms with Gasteiger partial charge in [0.2, 0.25) is 0 Å². The highest BCUT2D eigenvalue weighted by Gasteiger charge is 2.63. The number of carbonyl (C=O) groups excluding carboxylic acids is 1. The molecule has 4 heteroatoms. The van der Waals surface area contributed by atoms with E-state index in [2.05, 4.69) is 51.7 Å². The molecule has 1 saturated heterocycles. The van der Waals surface area contributed by atoms with Crippen LogP contribution in [0.25, 0.3) is 0 Å². The third-order valence-corrected chi connectivity index (χ3v) is 9.49. The second-order valence-corrected chi connectivity index (χ2v) is 12.1. The van der Waals surface area contributed by atoms with Crippen molar-refractivity contribution in [2.75, 3.05) is 26.2 Å². The van der Waals surface area contributed by atoms with E-state index in [1.165, 1.54) is 58.6 Å². The standard InChI is InChI=1S/C28H37NO2S/c1-17-14-20(15-18(2)26(17)31-13-12-29-10-6-7-11-29)8-9-23(30)27-21-16-22-25(28(22,4)5)24(21)19(3)32-27/h14-15,22,25H,6-13,16H2,1-5H3/t22-,25-/m1/s1. The van der Waals surface area contributed by atoms with Crippen molar-refractivity contribution in [1.82, 2.24) is 4.90 Å². The number of ether oxygens (including phenoxy) is 1. The van der Waals surface area contributed by atoms with E-state index >= 15 is 0 Å². The normalized spacial score (nSPS) is 23.3. The number of hydrogen-bond acceptors (Lipinski definition) is 4. The molecular formula is C28H37NO2S. The second kappa shape index (κ2) is 8.29. The van der Waals surface area contributed by atoms with Crippen LogP contribution in [0, 0.1) is 32.1 Å². The van der Waals surface area contributed by atoms with Crippen molar-refractivity contribution in [3.63, 3.8) is 0 Å². The maximum atomic E-state index is 13.2. The number of nitrogens with zero attached hydrogens (tertiary/aromatic N) is 1. The molecule has 2 atom stereocenters. The minimum atomic E-state index is 0.333. The van der Waals surface area contributed by atoms with Crippen molar-refractivity contribution in [2.45, 2.75) is 72.6 Å². The van der Waals surface area contributed by atoms with Gasteiger partial charge in [-0.2, -0.15) is 0 Å². The Morgan fingerprint density at radius 1 is 1.16 bits per heavy atom. The molecule has 3 aliphatic rings. The van der Waals surface area contributed by atoms with E-state index in [4.69, 9.17) is 4.74 Å². The Hall–Kier alpha value is -1.65. The number of fused-ring (bicyclic) bond motifs is 3. The van der Waals surface area contributed by atoms with Crippen molar-refractivity contribution in [3.8, 4) is 5.75 Å². The molecule has 1 aliphatic heterocycles. The Balaban J connectivity index is 1.21. The lowest BCUT2D eigenvalue weighted by Crippen LogP contribution is -2.25. The molecule has 0 unspecified atom stereocenters. The molecule has 0 amide bonds. The van der Waals surface area contributed by atoms with Gasteiger partial charge in [0.15, 0.2) is 5.78 Å². The summed E-state index contributed by atoms with van der Waals surface area (Å²) in [6.07, 6.45) is 5.15. The first kappa shape index (κ1) is 22.2.